The summed E-state index contributed by atoms with van der Waals surface area (Å²) in [6.07, 6.45) is 7.16. The van der Waals surface area contributed by atoms with E-state index in [-0.39, 0.29) is 5.82 Å². The second-order valence-electron chi connectivity index (χ2n) is 11.3. The molecule has 0 spiro atoms. The number of aromatic nitrogens is 7. The van der Waals surface area contributed by atoms with E-state index in [9.17, 15) is 4.39 Å². The number of hydrogen-bond acceptors (Lipinski definition) is 8. The van der Waals surface area contributed by atoms with Gasteiger partial charge in [0, 0.05) is 67.2 Å². The molecule has 0 aliphatic carbocycles. The number of fused-ring (bicyclic) bond motifs is 2. The molecule has 0 aliphatic rings. The summed E-state index contributed by atoms with van der Waals surface area (Å²) in [7, 11) is 3.93. The van der Waals surface area contributed by atoms with Crippen molar-refractivity contribution < 1.29 is 9.13 Å². The number of nitrogens with one attached hydrogen (secondary N) is 3. The molecule has 46 heavy (non-hydrogen) atoms. The number of pyridine rings is 3. The molecule has 7 aromatic rings. The zero-order valence-corrected chi connectivity index (χ0v) is 25.5. The first kappa shape index (κ1) is 29.2. The molecule has 0 amide bonds. The molecular formula is C35H32FN9O. The largest absolute Gasteiger partial charge is 0.492 e. The molecule has 0 aliphatic heterocycles. The van der Waals surface area contributed by atoms with Crippen molar-refractivity contribution in [1.29, 1.82) is 0 Å². The van der Waals surface area contributed by atoms with E-state index >= 15 is 0 Å². The zero-order chi connectivity index (χ0) is 31.5. The Hall–Kier alpha value is -5.52. The Balaban J connectivity index is 1.17. The van der Waals surface area contributed by atoms with Gasteiger partial charge in [-0.3, -0.25) is 10.1 Å². The number of rotatable bonds is 11. The van der Waals surface area contributed by atoms with Gasteiger partial charge in [0.05, 0.1) is 10.9 Å². The van der Waals surface area contributed by atoms with Gasteiger partial charge in [-0.05, 0) is 61.1 Å². The van der Waals surface area contributed by atoms with E-state index < -0.39 is 0 Å². The van der Waals surface area contributed by atoms with Gasteiger partial charge in [0.15, 0.2) is 17.1 Å². The third kappa shape index (κ3) is 6.32. The molecule has 5 heterocycles. The van der Waals surface area contributed by atoms with E-state index in [1.165, 1.54) is 17.7 Å². The summed E-state index contributed by atoms with van der Waals surface area (Å²) in [5.41, 5.74) is 7.98. The van der Waals surface area contributed by atoms with Crippen LogP contribution in [0.3, 0.4) is 0 Å². The van der Waals surface area contributed by atoms with Gasteiger partial charge in [0.25, 0.3) is 0 Å². The normalized spacial score (nSPS) is 11.6. The molecule has 3 N–H and O–H groups in total. The maximum absolute atomic E-state index is 14.7. The summed E-state index contributed by atoms with van der Waals surface area (Å²) in [6.45, 7) is 2.63. The third-order valence-electron chi connectivity index (χ3n) is 7.66. The summed E-state index contributed by atoms with van der Waals surface area (Å²) >= 11 is 0. The Morgan fingerprint density at radius 1 is 0.848 bits per heavy atom. The molecule has 0 saturated heterocycles. The number of ether oxygens (including phenoxy) is 1. The van der Waals surface area contributed by atoms with Crippen molar-refractivity contribution >= 4 is 22.2 Å². The number of likely N-dealkylation sites (N-methyl/N-ethyl adjacent to an activating group) is 1. The molecule has 0 radical (unpaired) electrons. The number of nitrogens with zero attached hydrogens (tertiary/aromatic N) is 6. The Morgan fingerprint density at radius 3 is 2.57 bits per heavy atom. The monoisotopic (exact) mass is 613 g/mol. The van der Waals surface area contributed by atoms with E-state index in [1.54, 1.807) is 12.4 Å². The minimum Gasteiger partial charge on any atom is -0.492 e. The molecule has 11 heteroatoms. The lowest BCUT2D eigenvalue weighted by Gasteiger charge is -2.12. The second-order valence-corrected chi connectivity index (χ2v) is 11.3. The summed E-state index contributed by atoms with van der Waals surface area (Å²) in [6, 6.07) is 21.0. The first-order valence-electron chi connectivity index (χ1n) is 15.0. The fourth-order valence-electron chi connectivity index (χ4n) is 5.34. The fourth-order valence-corrected chi connectivity index (χ4v) is 5.34. The Labute approximate surface area is 264 Å². The van der Waals surface area contributed by atoms with E-state index in [4.69, 9.17) is 9.72 Å². The Bertz CT molecular complexity index is 2120. The molecule has 2 aromatic carbocycles. The number of halogens is 1. The van der Waals surface area contributed by atoms with E-state index in [0.717, 1.165) is 40.7 Å². The maximum Gasteiger partial charge on any atom is 0.181 e. The highest BCUT2D eigenvalue weighted by molar-refractivity contribution is 5.96. The summed E-state index contributed by atoms with van der Waals surface area (Å²) in [5.74, 6) is 0.628. The van der Waals surface area contributed by atoms with Crippen LogP contribution in [0.2, 0.25) is 0 Å². The molecule has 0 atom stereocenters. The van der Waals surface area contributed by atoms with Crippen molar-refractivity contribution in [3.63, 3.8) is 0 Å². The van der Waals surface area contributed by atoms with Gasteiger partial charge in [-0.1, -0.05) is 30.3 Å². The summed E-state index contributed by atoms with van der Waals surface area (Å²) < 4.78 is 20.5. The van der Waals surface area contributed by atoms with Gasteiger partial charge in [0.1, 0.15) is 23.9 Å². The molecule has 0 bridgehead atoms. The molecule has 0 saturated carbocycles. The van der Waals surface area contributed by atoms with Crippen molar-refractivity contribution in [3.05, 3.63) is 108 Å². The topological polar surface area (TPSA) is 121 Å². The number of hydrogen-bond donors (Lipinski definition) is 3. The molecule has 7 rings (SSSR count). The number of H-pyrrole nitrogens is 2. The lowest BCUT2D eigenvalue weighted by molar-refractivity contribution is 0.260. The summed E-state index contributed by atoms with van der Waals surface area (Å²) in [4.78, 5) is 23.7. The quantitative estimate of drug-likeness (QED) is 0.163. The smallest absolute Gasteiger partial charge is 0.181 e. The van der Waals surface area contributed by atoms with Gasteiger partial charge in [-0.15, -0.1) is 0 Å². The summed E-state index contributed by atoms with van der Waals surface area (Å²) in [5, 5.41) is 11.8. The van der Waals surface area contributed by atoms with Crippen molar-refractivity contribution in [2.45, 2.75) is 13.1 Å². The van der Waals surface area contributed by atoms with Gasteiger partial charge in [-0.2, -0.15) is 5.10 Å². The minimum atomic E-state index is -0.384. The van der Waals surface area contributed by atoms with E-state index in [1.807, 2.05) is 67.8 Å². The van der Waals surface area contributed by atoms with Gasteiger partial charge < -0.3 is 19.9 Å². The van der Waals surface area contributed by atoms with Crippen LogP contribution < -0.4 is 10.1 Å². The molecule has 0 fully saturated rings. The highest BCUT2D eigenvalue weighted by Gasteiger charge is 2.17. The first-order valence-corrected chi connectivity index (χ1v) is 15.0. The Kier molecular flexibility index (Phi) is 8.15. The minimum absolute atomic E-state index is 0.384. The van der Waals surface area contributed by atoms with Crippen molar-refractivity contribution in [2.24, 2.45) is 0 Å². The molecule has 10 nitrogen and oxygen atoms in total. The molecule has 230 valence electrons. The van der Waals surface area contributed by atoms with Crippen molar-refractivity contribution in [2.75, 3.05) is 27.2 Å². The standard InChI is InChI=1S/C35H32FN9O/c1-45(2)10-11-46-28-14-24(13-27(36)16-28)29-8-9-39-34-31(29)41-35(42-34)32-30-15-26(21-40-33(30)44-43-32)25-12-23(19-38-20-25)18-37-17-22-6-4-3-5-7-22/h3-9,12-16,19-21,37H,10-11,17-18H2,1-2H3,(H,39,41,42)(H,40,43,44). The van der Waals surface area contributed by atoms with Crippen LogP contribution in [-0.2, 0) is 13.1 Å². The maximum atomic E-state index is 14.7. The predicted molar refractivity (Wildman–Crippen MR) is 176 cm³/mol. The van der Waals surface area contributed by atoms with Gasteiger partial charge in [0.2, 0.25) is 0 Å². The molecule has 5 aromatic heterocycles. The van der Waals surface area contributed by atoms with Crippen molar-refractivity contribution in [3.8, 4) is 39.5 Å². The Morgan fingerprint density at radius 2 is 1.70 bits per heavy atom. The average Bonchev–Trinajstić information content (AvgIpc) is 3.69. The van der Waals surface area contributed by atoms with Crippen LogP contribution in [-0.4, -0.2) is 67.3 Å². The van der Waals surface area contributed by atoms with Crippen LogP contribution in [0.5, 0.6) is 5.75 Å². The SMILES string of the molecule is CN(C)CCOc1cc(F)cc(-c2ccnc3nc(-c4[nH]nc5ncc(-c6cncc(CNCc7ccccc7)c6)cc45)[nH]c23)c1. The van der Waals surface area contributed by atoms with E-state index in [2.05, 4.69) is 53.6 Å². The number of benzene rings is 2. The third-order valence-corrected chi connectivity index (χ3v) is 7.66. The number of aromatic amines is 2. The highest BCUT2D eigenvalue weighted by Crippen LogP contribution is 2.33. The molecular weight excluding hydrogens is 581 g/mol. The fraction of sp³-hybridized carbons (Fsp3) is 0.171. The molecule has 0 unspecified atom stereocenters. The van der Waals surface area contributed by atoms with Crippen LogP contribution in [0.15, 0.2) is 91.5 Å². The first-order chi connectivity index (χ1) is 22.5. The van der Waals surface area contributed by atoms with Crippen LogP contribution in [0.1, 0.15) is 11.1 Å². The highest BCUT2D eigenvalue weighted by atomic mass is 19.1. The second kappa shape index (κ2) is 12.8. The number of imidazole rings is 1. The van der Waals surface area contributed by atoms with Crippen LogP contribution in [0, 0.1) is 5.82 Å². The predicted octanol–water partition coefficient (Wildman–Crippen LogP) is 5.99. The van der Waals surface area contributed by atoms with Crippen LogP contribution in [0.25, 0.3) is 56.0 Å². The van der Waals surface area contributed by atoms with Crippen LogP contribution >= 0.6 is 0 Å². The van der Waals surface area contributed by atoms with Crippen molar-refractivity contribution in [1.82, 2.24) is 45.3 Å². The van der Waals surface area contributed by atoms with Gasteiger partial charge in [-0.25, -0.2) is 19.3 Å². The van der Waals surface area contributed by atoms with Gasteiger partial charge >= 0.3 is 0 Å². The lowest BCUT2D eigenvalue weighted by Crippen LogP contribution is -2.19. The zero-order valence-electron chi connectivity index (χ0n) is 25.5. The van der Waals surface area contributed by atoms with E-state index in [0.29, 0.717) is 52.8 Å². The van der Waals surface area contributed by atoms with Crippen LogP contribution in [0.4, 0.5) is 4.39 Å². The lowest BCUT2D eigenvalue weighted by atomic mass is 10.1. The average molecular weight is 614 g/mol.